The minimum Gasteiger partial charge on any atom is -0.501 e. The number of hydrogen-bond acceptors (Lipinski definition) is 4. The molecule has 2 atom stereocenters. The topological polar surface area (TPSA) is 87.1 Å². The standard InChI is InChI=1S/C34H47N5O4S/c1-9-12-30-29-18-17-25(24(3)35-44(42)37(6)7)19-31(29)39-22-26(34(41)38-20-27(21-38)33(40)36(4)5)14-11-16-28(43-8)15-10-13-23(2)32(30)39/h10,13-14,16-19,23,27,35H,3,9,11-12,15,20-22H2,1-2,4-8H3/b13-10-,26-14+,28-16+. The molecule has 3 heterocycles. The Kier molecular flexibility index (Phi) is 10.9. The number of fused-ring (bicyclic) bond motifs is 3. The van der Waals surface area contributed by atoms with E-state index in [1.165, 1.54) is 11.3 Å². The molecule has 9 nitrogen and oxygen atoms in total. The number of aromatic nitrogens is 1. The van der Waals surface area contributed by atoms with Gasteiger partial charge in [-0.1, -0.05) is 57.2 Å². The highest BCUT2D eigenvalue weighted by atomic mass is 32.2. The molecule has 2 aromatic rings. The molecule has 0 aliphatic carbocycles. The van der Waals surface area contributed by atoms with Crippen LogP contribution in [-0.2, 0) is 38.5 Å². The summed E-state index contributed by atoms with van der Waals surface area (Å²) in [4.78, 5) is 29.9. The third-order valence-electron chi connectivity index (χ3n) is 8.31. The van der Waals surface area contributed by atoms with Crippen molar-refractivity contribution in [1.29, 1.82) is 0 Å². The molecule has 4 rings (SSSR count). The number of likely N-dealkylation sites (tertiary alicyclic amines) is 1. The first kappa shape index (κ1) is 33.3. The van der Waals surface area contributed by atoms with Crippen molar-refractivity contribution in [2.45, 2.75) is 52.0 Å². The minimum atomic E-state index is -1.41. The largest absolute Gasteiger partial charge is 0.501 e. The summed E-state index contributed by atoms with van der Waals surface area (Å²) in [5, 5.41) is 1.14. The summed E-state index contributed by atoms with van der Waals surface area (Å²) in [5.41, 5.74) is 5.54. The Morgan fingerprint density at radius 1 is 1.16 bits per heavy atom. The van der Waals surface area contributed by atoms with Crippen LogP contribution in [-0.4, -0.2) is 83.1 Å². The number of nitrogens with zero attached hydrogens (tertiary/aromatic N) is 4. The summed E-state index contributed by atoms with van der Waals surface area (Å²) >= 11 is -1.41. The fourth-order valence-corrected chi connectivity index (χ4v) is 6.42. The SMILES string of the molecule is C=C(NS(=O)N(C)C)c1ccc2c(CCC)c3n(c2c1)C/C(C(=O)N1CC(C(=O)N(C)C)C1)=C\C/C=C(/OC)C/C=C\C3C. The second-order valence-electron chi connectivity index (χ2n) is 12.0. The van der Waals surface area contributed by atoms with E-state index in [2.05, 4.69) is 54.0 Å². The Balaban J connectivity index is 1.83. The number of allylic oxidation sites excluding steroid dienone is 4. The lowest BCUT2D eigenvalue weighted by atomic mass is 9.96. The molecule has 1 aromatic carbocycles. The van der Waals surface area contributed by atoms with Gasteiger partial charge in [-0.25, -0.2) is 8.51 Å². The Hall–Kier alpha value is -3.63. The molecule has 1 N–H and O–H groups in total. The van der Waals surface area contributed by atoms with Crippen LogP contribution in [0, 0.1) is 5.92 Å². The molecule has 2 aliphatic rings. The smallest absolute Gasteiger partial charge is 0.251 e. The van der Waals surface area contributed by atoms with Crippen molar-refractivity contribution in [3.8, 4) is 0 Å². The molecule has 2 unspecified atom stereocenters. The number of carbonyl (C=O) groups is 2. The van der Waals surface area contributed by atoms with Crippen LogP contribution in [0.15, 0.2) is 60.4 Å². The van der Waals surface area contributed by atoms with Crippen LogP contribution in [0.5, 0.6) is 0 Å². The number of rotatable bonds is 9. The summed E-state index contributed by atoms with van der Waals surface area (Å²) in [5.74, 6) is 0.773. The molecule has 44 heavy (non-hydrogen) atoms. The van der Waals surface area contributed by atoms with E-state index in [4.69, 9.17) is 4.74 Å². The average molecular weight is 622 g/mol. The van der Waals surface area contributed by atoms with Crippen LogP contribution >= 0.6 is 0 Å². The monoisotopic (exact) mass is 621 g/mol. The molecule has 0 saturated carbocycles. The number of aryl methyl sites for hydroxylation is 1. The molecule has 0 spiro atoms. The van der Waals surface area contributed by atoms with Gasteiger partial charge in [-0.3, -0.25) is 14.3 Å². The zero-order valence-corrected chi connectivity index (χ0v) is 28.0. The molecule has 238 valence electrons. The maximum Gasteiger partial charge on any atom is 0.251 e. The molecule has 1 aromatic heterocycles. The van der Waals surface area contributed by atoms with Crippen molar-refractivity contribution >= 4 is 39.6 Å². The lowest BCUT2D eigenvalue weighted by molar-refractivity contribution is -0.144. The van der Waals surface area contributed by atoms with Gasteiger partial charge in [0.05, 0.1) is 25.3 Å². The normalized spacial score (nSPS) is 21.5. The van der Waals surface area contributed by atoms with Gasteiger partial charge < -0.3 is 19.1 Å². The van der Waals surface area contributed by atoms with Crippen molar-refractivity contribution in [1.82, 2.24) is 23.4 Å². The number of hydrogen-bond donors (Lipinski definition) is 1. The van der Waals surface area contributed by atoms with E-state index in [0.717, 1.165) is 35.1 Å². The van der Waals surface area contributed by atoms with E-state index < -0.39 is 11.2 Å². The summed E-state index contributed by atoms with van der Waals surface area (Å²) < 4.78 is 25.0. The number of nitrogens with one attached hydrogen (secondary N) is 1. The predicted octanol–water partition coefficient (Wildman–Crippen LogP) is 4.75. The second kappa shape index (κ2) is 14.4. The van der Waals surface area contributed by atoms with Gasteiger partial charge in [0.2, 0.25) is 5.91 Å². The Labute approximate surface area is 264 Å². The first-order valence-electron chi connectivity index (χ1n) is 15.3. The van der Waals surface area contributed by atoms with Gasteiger partial charge in [0.15, 0.2) is 11.2 Å². The highest BCUT2D eigenvalue weighted by molar-refractivity contribution is 7.80. The van der Waals surface area contributed by atoms with Crippen LogP contribution in [0.3, 0.4) is 0 Å². The third kappa shape index (κ3) is 7.18. The summed E-state index contributed by atoms with van der Waals surface area (Å²) in [6.07, 6.45) is 11.5. The zero-order chi connectivity index (χ0) is 32.1. The van der Waals surface area contributed by atoms with Crippen molar-refractivity contribution < 1.29 is 18.5 Å². The van der Waals surface area contributed by atoms with E-state index in [1.54, 1.807) is 49.4 Å². The van der Waals surface area contributed by atoms with Crippen LogP contribution < -0.4 is 4.72 Å². The summed E-state index contributed by atoms with van der Waals surface area (Å²) in [7, 11) is 8.66. The van der Waals surface area contributed by atoms with E-state index in [0.29, 0.717) is 43.7 Å². The van der Waals surface area contributed by atoms with Crippen molar-refractivity contribution in [2.24, 2.45) is 5.92 Å². The van der Waals surface area contributed by atoms with E-state index in [-0.39, 0.29) is 23.7 Å². The number of amides is 2. The van der Waals surface area contributed by atoms with Crippen LogP contribution in [0.4, 0.5) is 0 Å². The summed E-state index contributed by atoms with van der Waals surface area (Å²) in [6, 6.07) is 6.23. The van der Waals surface area contributed by atoms with Crippen LogP contribution in [0.25, 0.3) is 16.6 Å². The maximum atomic E-state index is 14.0. The van der Waals surface area contributed by atoms with Gasteiger partial charge in [-0.05, 0) is 30.5 Å². The van der Waals surface area contributed by atoms with E-state index >= 15 is 0 Å². The maximum absolute atomic E-state index is 14.0. The number of carbonyl (C=O) groups excluding carboxylic acids is 2. The van der Waals surface area contributed by atoms with Crippen molar-refractivity contribution in [3.63, 3.8) is 0 Å². The lowest BCUT2D eigenvalue weighted by Crippen LogP contribution is -2.56. The Bertz CT molecular complexity index is 1530. The van der Waals surface area contributed by atoms with E-state index in [9.17, 15) is 13.8 Å². The molecule has 1 saturated heterocycles. The first-order valence-corrected chi connectivity index (χ1v) is 16.4. The molecule has 0 radical (unpaired) electrons. The predicted molar refractivity (Wildman–Crippen MR) is 179 cm³/mol. The highest BCUT2D eigenvalue weighted by Crippen LogP contribution is 2.36. The van der Waals surface area contributed by atoms with Gasteiger partial charge in [0, 0.05) is 87.0 Å². The molecule has 2 amide bonds. The van der Waals surface area contributed by atoms with Gasteiger partial charge in [0.1, 0.15) is 0 Å². The van der Waals surface area contributed by atoms with Crippen LogP contribution in [0.2, 0.25) is 0 Å². The quantitative estimate of drug-likeness (QED) is 0.410. The third-order valence-corrected chi connectivity index (χ3v) is 9.40. The average Bonchev–Trinajstić information content (AvgIpc) is 3.26. The number of benzene rings is 1. The Morgan fingerprint density at radius 3 is 2.52 bits per heavy atom. The second-order valence-corrected chi connectivity index (χ2v) is 13.4. The molecule has 10 heteroatoms. The van der Waals surface area contributed by atoms with Gasteiger partial charge >= 0.3 is 0 Å². The molecular formula is C34H47N5O4S. The van der Waals surface area contributed by atoms with Crippen molar-refractivity contribution in [2.75, 3.05) is 48.4 Å². The molecular weight excluding hydrogens is 574 g/mol. The Morgan fingerprint density at radius 2 is 1.89 bits per heavy atom. The van der Waals surface area contributed by atoms with Crippen molar-refractivity contribution in [3.05, 3.63) is 77.2 Å². The number of methoxy groups -OCH3 is 1. The first-order chi connectivity index (χ1) is 21.0. The van der Waals surface area contributed by atoms with Gasteiger partial charge in [0.25, 0.3) is 5.91 Å². The number of ether oxygens (including phenoxy) is 1. The fraction of sp³-hybridized carbons (Fsp3) is 0.471. The molecule has 1 fully saturated rings. The molecule has 0 bridgehead atoms. The lowest BCUT2D eigenvalue weighted by Gasteiger charge is -2.40. The summed E-state index contributed by atoms with van der Waals surface area (Å²) in [6.45, 7) is 9.78. The fourth-order valence-electron chi connectivity index (χ4n) is 5.91. The van der Waals surface area contributed by atoms with E-state index in [1.807, 2.05) is 18.2 Å². The van der Waals surface area contributed by atoms with Gasteiger partial charge in [-0.15, -0.1) is 0 Å². The molecule has 2 aliphatic heterocycles. The zero-order valence-electron chi connectivity index (χ0n) is 27.2. The van der Waals surface area contributed by atoms with Gasteiger partial charge in [-0.2, -0.15) is 0 Å². The van der Waals surface area contributed by atoms with Crippen LogP contribution in [0.1, 0.15) is 55.8 Å². The highest BCUT2D eigenvalue weighted by Gasteiger charge is 2.37. The minimum absolute atomic E-state index is 0.0473.